The van der Waals surface area contributed by atoms with Crippen LogP contribution in [-0.4, -0.2) is 30.1 Å². The van der Waals surface area contributed by atoms with Crippen LogP contribution in [0.15, 0.2) is 42.5 Å². The Labute approximate surface area is 153 Å². The molecule has 136 valence electrons. The highest BCUT2D eigenvalue weighted by Gasteiger charge is 2.19. The second-order valence-corrected chi connectivity index (χ2v) is 7.03. The molecule has 1 saturated heterocycles. The van der Waals surface area contributed by atoms with Crippen LogP contribution in [0.3, 0.4) is 0 Å². The van der Waals surface area contributed by atoms with E-state index in [0.29, 0.717) is 17.2 Å². The first-order valence-electron chi connectivity index (χ1n) is 8.94. The first-order chi connectivity index (χ1) is 12.4. The molecule has 1 fully saturated rings. The minimum atomic E-state index is -1.04. The largest absolute Gasteiger partial charge is 0.478 e. The molecule has 1 heterocycles. The lowest BCUT2D eigenvalue weighted by Gasteiger charge is -2.32. The average Bonchev–Trinajstić information content (AvgIpc) is 2.62. The smallest absolute Gasteiger partial charge is 0.337 e. The third kappa shape index (κ3) is 4.04. The summed E-state index contributed by atoms with van der Waals surface area (Å²) < 4.78 is 0. The zero-order valence-corrected chi connectivity index (χ0v) is 15.2. The number of hydrogen-bond donors (Lipinski definition) is 2. The first-order valence-corrected chi connectivity index (χ1v) is 8.94. The van der Waals surface area contributed by atoms with Gasteiger partial charge in [-0.05, 0) is 56.0 Å². The number of rotatable bonds is 4. The number of amides is 1. The molecule has 2 N–H and O–H groups in total. The van der Waals surface area contributed by atoms with E-state index in [1.807, 2.05) is 25.1 Å². The maximum absolute atomic E-state index is 12.4. The summed E-state index contributed by atoms with van der Waals surface area (Å²) in [6.45, 7) is 6.00. The highest BCUT2D eigenvalue weighted by Crippen LogP contribution is 2.27. The van der Waals surface area contributed by atoms with Crippen molar-refractivity contribution in [3.8, 4) is 0 Å². The van der Waals surface area contributed by atoms with Crippen LogP contribution < -0.4 is 10.2 Å². The molecule has 1 aliphatic rings. The van der Waals surface area contributed by atoms with Crippen LogP contribution in [0.2, 0.25) is 0 Å². The molecule has 5 nitrogen and oxygen atoms in total. The number of carboxylic acid groups (broad SMARTS) is 1. The van der Waals surface area contributed by atoms with Crippen LogP contribution in [0, 0.1) is 12.8 Å². The van der Waals surface area contributed by atoms with E-state index in [9.17, 15) is 14.7 Å². The van der Waals surface area contributed by atoms with Gasteiger partial charge < -0.3 is 15.3 Å². The molecule has 2 aromatic carbocycles. The summed E-state index contributed by atoms with van der Waals surface area (Å²) in [5, 5.41) is 12.3. The predicted octanol–water partition coefficient (Wildman–Crippen LogP) is 4.18. The van der Waals surface area contributed by atoms with E-state index in [4.69, 9.17) is 0 Å². The number of nitrogens with zero attached hydrogens (tertiary/aromatic N) is 1. The van der Waals surface area contributed by atoms with Crippen molar-refractivity contribution >= 4 is 23.3 Å². The van der Waals surface area contributed by atoms with Gasteiger partial charge in [-0.25, -0.2) is 4.79 Å². The van der Waals surface area contributed by atoms with E-state index in [-0.39, 0.29) is 11.5 Å². The highest BCUT2D eigenvalue weighted by molar-refractivity contribution is 6.08. The molecule has 0 bridgehead atoms. The molecule has 26 heavy (non-hydrogen) atoms. The van der Waals surface area contributed by atoms with E-state index in [1.165, 1.54) is 0 Å². The monoisotopic (exact) mass is 352 g/mol. The zero-order valence-electron chi connectivity index (χ0n) is 15.2. The van der Waals surface area contributed by atoms with Crippen molar-refractivity contribution in [1.82, 2.24) is 0 Å². The Morgan fingerprint density at radius 1 is 1.12 bits per heavy atom. The van der Waals surface area contributed by atoms with Crippen LogP contribution in [0.1, 0.15) is 46.0 Å². The van der Waals surface area contributed by atoms with Gasteiger partial charge in [0.15, 0.2) is 0 Å². The van der Waals surface area contributed by atoms with E-state index in [1.54, 1.807) is 24.3 Å². The molecular weight excluding hydrogens is 328 g/mol. The lowest BCUT2D eigenvalue weighted by Crippen LogP contribution is -2.32. The number of aryl methyl sites for hydroxylation is 1. The molecule has 1 amide bonds. The van der Waals surface area contributed by atoms with Crippen LogP contribution in [0.25, 0.3) is 0 Å². The summed E-state index contributed by atoms with van der Waals surface area (Å²) in [4.78, 5) is 26.4. The number of piperidine rings is 1. The van der Waals surface area contributed by atoms with Crippen molar-refractivity contribution in [2.24, 2.45) is 5.92 Å². The maximum Gasteiger partial charge on any atom is 0.337 e. The number of aromatic carboxylic acids is 1. The Bertz CT molecular complexity index is 824. The minimum absolute atomic E-state index is 0.113. The van der Waals surface area contributed by atoms with Crippen LogP contribution in [0.5, 0.6) is 0 Å². The SMILES string of the molecule is Cc1cccc(C(=O)Nc2ccc(N3CCC(C)CC3)cc2C(=O)O)c1. The van der Waals surface area contributed by atoms with Crippen molar-refractivity contribution in [2.75, 3.05) is 23.3 Å². The molecule has 0 radical (unpaired) electrons. The van der Waals surface area contributed by atoms with Crippen LogP contribution >= 0.6 is 0 Å². The molecule has 0 spiro atoms. The molecule has 5 heteroatoms. The van der Waals surface area contributed by atoms with Crippen molar-refractivity contribution in [3.05, 3.63) is 59.2 Å². The second kappa shape index (κ2) is 7.60. The minimum Gasteiger partial charge on any atom is -0.478 e. The van der Waals surface area contributed by atoms with Gasteiger partial charge in [-0.2, -0.15) is 0 Å². The average molecular weight is 352 g/mol. The molecule has 0 aliphatic carbocycles. The van der Waals surface area contributed by atoms with E-state index < -0.39 is 5.97 Å². The number of benzene rings is 2. The Morgan fingerprint density at radius 2 is 1.85 bits per heavy atom. The fourth-order valence-corrected chi connectivity index (χ4v) is 3.26. The summed E-state index contributed by atoms with van der Waals surface area (Å²) in [6, 6.07) is 12.4. The van der Waals surface area contributed by atoms with Crippen molar-refractivity contribution in [3.63, 3.8) is 0 Å². The molecule has 0 aromatic heterocycles. The number of carbonyl (C=O) groups is 2. The Kier molecular flexibility index (Phi) is 5.26. The van der Waals surface area contributed by atoms with Crippen LogP contribution in [0.4, 0.5) is 11.4 Å². The van der Waals surface area contributed by atoms with Crippen LogP contribution in [-0.2, 0) is 0 Å². The quantitative estimate of drug-likeness (QED) is 0.866. The van der Waals surface area contributed by atoms with Gasteiger partial charge in [0.25, 0.3) is 5.91 Å². The van der Waals surface area contributed by atoms with E-state index in [0.717, 1.165) is 37.2 Å². The topological polar surface area (TPSA) is 69.6 Å². The normalized spacial score (nSPS) is 14.9. The van der Waals surface area contributed by atoms with Gasteiger partial charge >= 0.3 is 5.97 Å². The Morgan fingerprint density at radius 3 is 2.50 bits per heavy atom. The first kappa shape index (κ1) is 18.0. The summed E-state index contributed by atoms with van der Waals surface area (Å²) >= 11 is 0. The number of anilines is 2. The van der Waals surface area contributed by atoms with Crippen molar-refractivity contribution < 1.29 is 14.7 Å². The van der Waals surface area contributed by atoms with Gasteiger partial charge in [-0.1, -0.05) is 24.6 Å². The summed E-state index contributed by atoms with van der Waals surface area (Å²) in [5.41, 5.74) is 2.81. The summed E-state index contributed by atoms with van der Waals surface area (Å²) in [5.74, 6) is -0.648. The molecule has 1 aliphatic heterocycles. The molecule has 3 rings (SSSR count). The Hall–Kier alpha value is -2.82. The third-order valence-electron chi connectivity index (χ3n) is 4.91. The standard InChI is InChI=1S/C21H24N2O3/c1-14-8-10-23(11-9-14)17-6-7-19(18(13-17)21(25)26)22-20(24)16-5-3-4-15(2)12-16/h3-7,12-14H,8-11H2,1-2H3,(H,22,24)(H,25,26). The molecule has 0 atom stereocenters. The van der Waals surface area contributed by atoms with Crippen molar-refractivity contribution in [1.29, 1.82) is 0 Å². The van der Waals surface area contributed by atoms with E-state index in [2.05, 4.69) is 17.1 Å². The lowest BCUT2D eigenvalue weighted by atomic mass is 9.98. The maximum atomic E-state index is 12.4. The van der Waals surface area contributed by atoms with Gasteiger partial charge in [0.1, 0.15) is 0 Å². The van der Waals surface area contributed by atoms with Gasteiger partial charge in [0.2, 0.25) is 0 Å². The van der Waals surface area contributed by atoms with Gasteiger partial charge in [-0.3, -0.25) is 4.79 Å². The van der Waals surface area contributed by atoms with E-state index >= 15 is 0 Å². The van der Waals surface area contributed by atoms with Gasteiger partial charge in [0.05, 0.1) is 11.3 Å². The molecule has 0 saturated carbocycles. The highest BCUT2D eigenvalue weighted by atomic mass is 16.4. The fourth-order valence-electron chi connectivity index (χ4n) is 3.26. The van der Waals surface area contributed by atoms with Gasteiger partial charge in [-0.15, -0.1) is 0 Å². The molecule has 2 aromatic rings. The molecular formula is C21H24N2O3. The Balaban J connectivity index is 1.83. The number of carbonyl (C=O) groups excluding carboxylic acids is 1. The number of carboxylic acids is 1. The third-order valence-corrected chi connectivity index (χ3v) is 4.91. The lowest BCUT2D eigenvalue weighted by molar-refractivity contribution is 0.0698. The predicted molar refractivity (Wildman–Crippen MR) is 103 cm³/mol. The summed E-state index contributed by atoms with van der Waals surface area (Å²) in [6.07, 6.45) is 2.21. The fraction of sp³-hybridized carbons (Fsp3) is 0.333. The second-order valence-electron chi connectivity index (χ2n) is 7.03. The number of nitrogens with one attached hydrogen (secondary N) is 1. The van der Waals surface area contributed by atoms with Crippen molar-refractivity contribution in [2.45, 2.75) is 26.7 Å². The number of hydrogen-bond acceptors (Lipinski definition) is 3. The van der Waals surface area contributed by atoms with Gasteiger partial charge in [0, 0.05) is 24.3 Å². The molecule has 0 unspecified atom stereocenters. The summed E-state index contributed by atoms with van der Waals surface area (Å²) in [7, 11) is 0. The zero-order chi connectivity index (χ0) is 18.7.